The minimum Gasteiger partial charge on any atom is -0.489 e. The van der Waals surface area contributed by atoms with E-state index in [9.17, 15) is 18.4 Å². The van der Waals surface area contributed by atoms with Gasteiger partial charge in [-0.25, -0.2) is 13.6 Å². The molecule has 0 saturated carbocycles. The normalized spacial score (nSPS) is 11.7. The minimum atomic E-state index is -0.805. The lowest BCUT2D eigenvalue weighted by atomic mass is 10.1. The van der Waals surface area contributed by atoms with Crippen molar-refractivity contribution in [2.75, 3.05) is 13.7 Å². The molecule has 152 valence electrons. The summed E-state index contributed by atoms with van der Waals surface area (Å²) < 4.78 is 36.6. The van der Waals surface area contributed by atoms with Gasteiger partial charge in [0, 0.05) is 12.7 Å². The molecule has 6 nitrogen and oxygen atoms in total. The number of hydrogen-bond donors (Lipinski definition) is 2. The van der Waals surface area contributed by atoms with Crippen molar-refractivity contribution in [2.24, 2.45) is 5.73 Å². The third-order valence-electron chi connectivity index (χ3n) is 3.80. The van der Waals surface area contributed by atoms with Crippen LogP contribution in [0.15, 0.2) is 72.2 Å². The predicted molar refractivity (Wildman–Crippen MR) is 103 cm³/mol. The van der Waals surface area contributed by atoms with E-state index in [2.05, 4.69) is 10.1 Å². The summed E-state index contributed by atoms with van der Waals surface area (Å²) in [7, 11) is 1.28. The summed E-state index contributed by atoms with van der Waals surface area (Å²) >= 11 is 0. The number of carbonyl (C=O) groups is 2. The number of amides is 1. The molecule has 0 heterocycles. The smallest absolute Gasteiger partial charge is 0.337 e. The number of rotatable bonds is 8. The van der Waals surface area contributed by atoms with Gasteiger partial charge in [-0.3, -0.25) is 4.79 Å². The molecule has 0 saturated heterocycles. The van der Waals surface area contributed by atoms with Gasteiger partial charge in [-0.2, -0.15) is 0 Å². The van der Waals surface area contributed by atoms with E-state index in [0.717, 1.165) is 17.8 Å². The van der Waals surface area contributed by atoms with Crippen LogP contribution in [0.1, 0.15) is 15.9 Å². The molecule has 0 aromatic heterocycles. The first kappa shape index (κ1) is 21.6. The molecule has 0 aliphatic rings. The lowest BCUT2D eigenvalue weighted by Crippen LogP contribution is -2.27. The highest BCUT2D eigenvalue weighted by molar-refractivity contribution is 5.94. The van der Waals surface area contributed by atoms with Crippen LogP contribution in [0.25, 0.3) is 0 Å². The molecule has 0 atom stereocenters. The third kappa shape index (κ3) is 6.76. The van der Waals surface area contributed by atoms with Crippen molar-refractivity contribution >= 4 is 11.9 Å². The van der Waals surface area contributed by atoms with Crippen LogP contribution in [0.3, 0.4) is 0 Å². The van der Waals surface area contributed by atoms with Crippen molar-refractivity contribution < 1.29 is 27.8 Å². The summed E-state index contributed by atoms with van der Waals surface area (Å²) in [6.45, 7) is -0.109. The number of esters is 1. The number of hydrogen-bond acceptors (Lipinski definition) is 5. The average Bonchev–Trinajstić information content (AvgIpc) is 2.75. The molecule has 8 heteroatoms. The molecule has 1 amide bonds. The van der Waals surface area contributed by atoms with E-state index >= 15 is 0 Å². The monoisotopic (exact) mass is 402 g/mol. The Hall–Kier alpha value is -3.68. The van der Waals surface area contributed by atoms with E-state index < -0.39 is 23.5 Å². The zero-order valence-corrected chi connectivity index (χ0v) is 15.7. The van der Waals surface area contributed by atoms with Crippen molar-refractivity contribution in [1.82, 2.24) is 5.32 Å². The number of nitrogens with two attached hydrogens (primary N) is 1. The average molecular weight is 402 g/mol. The molecule has 2 aromatic carbocycles. The van der Waals surface area contributed by atoms with Crippen molar-refractivity contribution in [2.45, 2.75) is 6.54 Å². The van der Waals surface area contributed by atoms with Crippen molar-refractivity contribution in [3.05, 3.63) is 89.2 Å². The molecule has 0 aliphatic carbocycles. The number of ether oxygens (including phenoxy) is 2. The molecule has 0 spiro atoms. The fourth-order valence-corrected chi connectivity index (χ4v) is 2.25. The molecule has 3 N–H and O–H groups in total. The Morgan fingerprint density at radius 1 is 1.10 bits per heavy atom. The van der Waals surface area contributed by atoms with Crippen LogP contribution in [0.4, 0.5) is 8.78 Å². The summed E-state index contributed by atoms with van der Waals surface area (Å²) in [5.41, 5.74) is 6.21. The van der Waals surface area contributed by atoms with Crippen molar-refractivity contribution in [3.8, 4) is 5.75 Å². The number of nitrogens with one attached hydrogen (secondary N) is 1. The standard InChI is InChI=1S/C21H20F2N2O4/c1-28-21(27)15-4-2-14(3-5-15)12-25-20(26)16(10-18(23)11-24)13-29-19-8-6-17(22)7-9-19/h2-11H,12-13,24H2,1H3,(H,25,26)/b16-10+,18-11+. The second-order valence-electron chi connectivity index (χ2n) is 5.83. The molecular formula is C21H20F2N2O4. The molecule has 0 radical (unpaired) electrons. The van der Waals surface area contributed by atoms with E-state index in [1.165, 1.54) is 31.4 Å². The molecular weight excluding hydrogens is 382 g/mol. The summed E-state index contributed by atoms with van der Waals surface area (Å²) in [4.78, 5) is 23.9. The molecule has 2 aromatic rings. The van der Waals surface area contributed by atoms with Crippen molar-refractivity contribution in [3.63, 3.8) is 0 Å². The van der Waals surface area contributed by atoms with Crippen LogP contribution in [0.2, 0.25) is 0 Å². The number of methoxy groups -OCH3 is 1. The zero-order valence-electron chi connectivity index (χ0n) is 15.7. The van der Waals surface area contributed by atoms with Gasteiger partial charge >= 0.3 is 5.97 Å². The van der Waals surface area contributed by atoms with Crippen LogP contribution >= 0.6 is 0 Å². The van der Waals surface area contributed by atoms with Gasteiger partial charge < -0.3 is 20.5 Å². The molecule has 0 bridgehead atoms. The van der Waals surface area contributed by atoms with Crippen LogP contribution in [0.5, 0.6) is 5.75 Å². The molecule has 0 fully saturated rings. The second-order valence-corrected chi connectivity index (χ2v) is 5.83. The molecule has 2 rings (SSSR count). The topological polar surface area (TPSA) is 90.7 Å². The second kappa shape index (κ2) is 10.6. The maximum absolute atomic E-state index is 13.6. The van der Waals surface area contributed by atoms with Gasteiger partial charge in [0.25, 0.3) is 5.91 Å². The van der Waals surface area contributed by atoms with Crippen LogP contribution in [-0.4, -0.2) is 25.6 Å². The molecule has 0 unspecified atom stereocenters. The largest absolute Gasteiger partial charge is 0.489 e. The van der Waals surface area contributed by atoms with Gasteiger partial charge in [0.2, 0.25) is 0 Å². The fraction of sp³-hybridized carbons (Fsp3) is 0.143. The number of benzene rings is 2. The summed E-state index contributed by atoms with van der Waals surface area (Å²) in [6.07, 6.45) is 1.68. The van der Waals surface area contributed by atoms with Gasteiger partial charge in [-0.1, -0.05) is 12.1 Å². The van der Waals surface area contributed by atoms with E-state index in [1.807, 2.05) is 0 Å². The van der Waals surface area contributed by atoms with Gasteiger partial charge in [0.05, 0.1) is 18.2 Å². The Bertz CT molecular complexity index is 907. The van der Waals surface area contributed by atoms with Crippen molar-refractivity contribution in [1.29, 1.82) is 0 Å². The van der Waals surface area contributed by atoms with E-state index in [4.69, 9.17) is 10.5 Å². The molecule has 0 aliphatic heterocycles. The van der Waals surface area contributed by atoms with Gasteiger partial charge in [0.1, 0.15) is 24.0 Å². The van der Waals surface area contributed by atoms with Crippen LogP contribution < -0.4 is 15.8 Å². The first-order valence-electron chi connectivity index (χ1n) is 8.54. The van der Waals surface area contributed by atoms with Crippen LogP contribution in [0, 0.1) is 5.82 Å². The first-order valence-corrected chi connectivity index (χ1v) is 8.54. The summed E-state index contributed by atoms with van der Waals surface area (Å²) in [6, 6.07) is 11.6. The Morgan fingerprint density at radius 3 is 2.34 bits per heavy atom. The highest BCUT2D eigenvalue weighted by atomic mass is 19.1. The first-order chi connectivity index (χ1) is 13.9. The predicted octanol–water partition coefficient (Wildman–Crippen LogP) is 3.00. The van der Waals surface area contributed by atoms with Crippen LogP contribution in [-0.2, 0) is 16.1 Å². The number of allylic oxidation sites excluding steroid dienone is 2. The fourth-order valence-electron chi connectivity index (χ4n) is 2.25. The highest BCUT2D eigenvalue weighted by Crippen LogP contribution is 2.14. The van der Waals surface area contributed by atoms with E-state index in [1.54, 1.807) is 24.3 Å². The lowest BCUT2D eigenvalue weighted by Gasteiger charge is -2.11. The number of carbonyl (C=O) groups excluding carboxylic acids is 2. The van der Waals surface area contributed by atoms with Gasteiger partial charge in [0.15, 0.2) is 0 Å². The van der Waals surface area contributed by atoms with E-state index in [-0.39, 0.29) is 18.7 Å². The maximum Gasteiger partial charge on any atom is 0.337 e. The summed E-state index contributed by atoms with van der Waals surface area (Å²) in [5, 5.41) is 2.64. The number of halogens is 2. The third-order valence-corrected chi connectivity index (χ3v) is 3.80. The van der Waals surface area contributed by atoms with E-state index in [0.29, 0.717) is 11.3 Å². The zero-order chi connectivity index (χ0) is 21.2. The Kier molecular flexibility index (Phi) is 7.90. The minimum absolute atomic E-state index is 0.0142. The van der Waals surface area contributed by atoms with Gasteiger partial charge in [-0.05, 0) is 48.0 Å². The quantitative estimate of drug-likeness (QED) is 0.402. The highest BCUT2D eigenvalue weighted by Gasteiger charge is 2.12. The maximum atomic E-state index is 13.6. The molecule has 29 heavy (non-hydrogen) atoms. The SMILES string of the molecule is COC(=O)c1ccc(CNC(=O)/C(=C/C(F)=C\N)COc2ccc(F)cc2)cc1. The van der Waals surface area contributed by atoms with Gasteiger partial charge in [-0.15, -0.1) is 0 Å². The lowest BCUT2D eigenvalue weighted by molar-refractivity contribution is -0.118. The Balaban J connectivity index is 2.02. The Labute approximate surface area is 166 Å². The summed E-state index contributed by atoms with van der Waals surface area (Å²) in [5.74, 6) is -1.95. The Morgan fingerprint density at radius 2 is 1.76 bits per heavy atom.